The quantitative estimate of drug-likeness (QED) is 0.767. The van der Waals surface area contributed by atoms with Crippen LogP contribution in [0.1, 0.15) is 39.9 Å². The minimum atomic E-state index is -0.381. The van der Waals surface area contributed by atoms with Crippen LogP contribution in [-0.4, -0.2) is 42.4 Å². The fraction of sp³-hybridized carbons (Fsp3) is 0.375. The first-order chi connectivity index (χ1) is 14.3. The highest BCUT2D eigenvalue weighted by molar-refractivity contribution is 5.96. The molecule has 158 valence electrons. The molecule has 0 aromatic heterocycles. The van der Waals surface area contributed by atoms with Gasteiger partial charge < -0.3 is 15.0 Å². The Hall–Kier alpha value is -3.15. The molecule has 0 bridgehead atoms. The Labute approximate surface area is 177 Å². The topological polar surface area (TPSA) is 75.7 Å². The summed E-state index contributed by atoms with van der Waals surface area (Å²) in [6, 6.07) is 13.3. The van der Waals surface area contributed by atoms with Crippen LogP contribution in [0.2, 0.25) is 0 Å². The Bertz CT molecular complexity index is 926. The van der Waals surface area contributed by atoms with E-state index in [1.54, 1.807) is 4.90 Å². The number of amides is 2. The minimum Gasteiger partial charge on any atom is -0.455 e. The van der Waals surface area contributed by atoms with Gasteiger partial charge in [0.15, 0.2) is 6.61 Å². The van der Waals surface area contributed by atoms with E-state index in [0.29, 0.717) is 37.2 Å². The zero-order valence-electron chi connectivity index (χ0n) is 17.7. The van der Waals surface area contributed by atoms with Crippen LogP contribution in [0.4, 0.5) is 5.69 Å². The zero-order valence-corrected chi connectivity index (χ0v) is 17.7. The summed E-state index contributed by atoms with van der Waals surface area (Å²) in [6.45, 7) is 6.52. The number of nitrogens with zero attached hydrogens (tertiary/aromatic N) is 1. The van der Waals surface area contributed by atoms with Crippen molar-refractivity contribution in [2.24, 2.45) is 5.92 Å². The Balaban J connectivity index is 1.45. The summed E-state index contributed by atoms with van der Waals surface area (Å²) in [7, 11) is 0. The van der Waals surface area contributed by atoms with Crippen molar-refractivity contribution in [1.29, 1.82) is 0 Å². The van der Waals surface area contributed by atoms with Crippen molar-refractivity contribution in [2.75, 3.05) is 25.0 Å². The summed E-state index contributed by atoms with van der Waals surface area (Å²) < 4.78 is 5.22. The van der Waals surface area contributed by atoms with Crippen LogP contribution in [0, 0.1) is 26.7 Å². The van der Waals surface area contributed by atoms with Crippen molar-refractivity contribution in [2.45, 2.75) is 33.6 Å². The second kappa shape index (κ2) is 9.57. The average Bonchev–Trinajstić information content (AvgIpc) is 2.71. The molecule has 1 N–H and O–H groups in total. The lowest BCUT2D eigenvalue weighted by atomic mass is 9.96. The summed E-state index contributed by atoms with van der Waals surface area (Å²) >= 11 is 0. The van der Waals surface area contributed by atoms with E-state index in [4.69, 9.17) is 4.74 Å². The van der Waals surface area contributed by atoms with E-state index in [1.165, 1.54) is 0 Å². The van der Waals surface area contributed by atoms with Crippen LogP contribution in [0.15, 0.2) is 42.5 Å². The highest BCUT2D eigenvalue weighted by atomic mass is 16.5. The third-order valence-electron chi connectivity index (χ3n) is 5.34. The van der Waals surface area contributed by atoms with Gasteiger partial charge in [0.25, 0.3) is 11.8 Å². The molecule has 1 fully saturated rings. The molecule has 0 aliphatic carbocycles. The molecule has 1 aliphatic rings. The van der Waals surface area contributed by atoms with Crippen molar-refractivity contribution in [3.05, 3.63) is 64.7 Å². The SMILES string of the molecule is Cc1cc(C)cc(NC(=O)COC(=O)C2CCN(C(=O)c3ccccc3C)CC2)c1. The third kappa shape index (κ3) is 5.47. The second-order valence-electron chi connectivity index (χ2n) is 7.91. The first-order valence-corrected chi connectivity index (χ1v) is 10.2. The number of nitrogens with one attached hydrogen (secondary N) is 1. The second-order valence-corrected chi connectivity index (χ2v) is 7.91. The molecule has 0 spiro atoms. The van der Waals surface area contributed by atoms with Gasteiger partial charge in [0.2, 0.25) is 0 Å². The highest BCUT2D eigenvalue weighted by Crippen LogP contribution is 2.21. The molecule has 0 radical (unpaired) electrons. The molecule has 6 heteroatoms. The monoisotopic (exact) mass is 408 g/mol. The van der Waals surface area contributed by atoms with Crippen LogP contribution in [0.3, 0.4) is 0 Å². The molecule has 2 amide bonds. The molecule has 3 rings (SSSR count). The summed E-state index contributed by atoms with van der Waals surface area (Å²) in [5, 5.41) is 2.76. The van der Waals surface area contributed by atoms with Gasteiger partial charge in [-0.2, -0.15) is 0 Å². The van der Waals surface area contributed by atoms with E-state index in [0.717, 1.165) is 16.7 Å². The third-order valence-corrected chi connectivity index (χ3v) is 5.34. The fourth-order valence-corrected chi connectivity index (χ4v) is 3.80. The molecule has 1 heterocycles. The van der Waals surface area contributed by atoms with Gasteiger partial charge in [0, 0.05) is 24.3 Å². The zero-order chi connectivity index (χ0) is 21.7. The number of aryl methyl sites for hydroxylation is 3. The maximum absolute atomic E-state index is 12.7. The Morgan fingerprint density at radius 1 is 1.00 bits per heavy atom. The number of hydrogen-bond donors (Lipinski definition) is 1. The van der Waals surface area contributed by atoms with Crippen molar-refractivity contribution in [1.82, 2.24) is 4.90 Å². The maximum atomic E-state index is 12.7. The molecular weight excluding hydrogens is 380 g/mol. The Kier molecular flexibility index (Phi) is 6.87. The molecule has 2 aromatic rings. The summed E-state index contributed by atoms with van der Waals surface area (Å²) in [4.78, 5) is 38.9. The van der Waals surface area contributed by atoms with Crippen LogP contribution in [0.5, 0.6) is 0 Å². The number of piperidine rings is 1. The summed E-state index contributed by atoms with van der Waals surface area (Å²) in [5.74, 6) is -1.04. The number of esters is 1. The summed E-state index contributed by atoms with van der Waals surface area (Å²) in [5.41, 5.74) is 4.43. The van der Waals surface area contributed by atoms with E-state index in [2.05, 4.69) is 5.32 Å². The average molecular weight is 408 g/mol. The standard InChI is InChI=1S/C24H28N2O4/c1-16-12-17(2)14-20(13-16)25-22(27)15-30-24(29)19-8-10-26(11-9-19)23(28)21-7-5-4-6-18(21)3/h4-7,12-14,19H,8-11,15H2,1-3H3,(H,25,27). The van der Waals surface area contributed by atoms with Crippen LogP contribution in [-0.2, 0) is 14.3 Å². The number of likely N-dealkylation sites (tertiary alicyclic amines) is 1. The highest BCUT2D eigenvalue weighted by Gasteiger charge is 2.29. The van der Waals surface area contributed by atoms with Crippen molar-refractivity contribution in [3.63, 3.8) is 0 Å². The normalized spacial score (nSPS) is 14.3. The maximum Gasteiger partial charge on any atom is 0.309 e. The molecule has 2 aromatic carbocycles. The molecule has 0 atom stereocenters. The molecule has 6 nitrogen and oxygen atoms in total. The lowest BCUT2D eigenvalue weighted by Gasteiger charge is -2.31. The lowest BCUT2D eigenvalue weighted by Crippen LogP contribution is -2.41. The van der Waals surface area contributed by atoms with Crippen molar-refractivity contribution in [3.8, 4) is 0 Å². The van der Waals surface area contributed by atoms with E-state index in [1.807, 2.05) is 63.2 Å². The predicted molar refractivity (Wildman–Crippen MR) is 115 cm³/mol. The molecule has 0 saturated carbocycles. The number of hydrogen-bond acceptors (Lipinski definition) is 4. The number of carbonyl (C=O) groups is 3. The van der Waals surface area contributed by atoms with Gasteiger partial charge in [-0.1, -0.05) is 24.3 Å². The number of ether oxygens (including phenoxy) is 1. The van der Waals surface area contributed by atoms with Gasteiger partial charge in [-0.15, -0.1) is 0 Å². The van der Waals surface area contributed by atoms with Crippen LogP contribution in [0.25, 0.3) is 0 Å². The minimum absolute atomic E-state index is 0.00672. The molecule has 30 heavy (non-hydrogen) atoms. The van der Waals surface area contributed by atoms with E-state index < -0.39 is 0 Å². The Morgan fingerprint density at radius 3 is 2.27 bits per heavy atom. The first kappa shape index (κ1) is 21.6. The van der Waals surface area contributed by atoms with E-state index >= 15 is 0 Å². The van der Waals surface area contributed by atoms with Gasteiger partial charge in [-0.25, -0.2) is 0 Å². The van der Waals surface area contributed by atoms with Crippen LogP contribution >= 0.6 is 0 Å². The summed E-state index contributed by atoms with van der Waals surface area (Å²) in [6.07, 6.45) is 1.07. The lowest BCUT2D eigenvalue weighted by molar-refractivity contribution is -0.152. The largest absolute Gasteiger partial charge is 0.455 e. The van der Waals surface area contributed by atoms with E-state index in [9.17, 15) is 14.4 Å². The predicted octanol–water partition coefficient (Wildman–Crippen LogP) is 3.65. The van der Waals surface area contributed by atoms with Gasteiger partial charge in [-0.3, -0.25) is 14.4 Å². The van der Waals surface area contributed by atoms with Crippen molar-refractivity contribution < 1.29 is 19.1 Å². The number of benzene rings is 2. The fourth-order valence-electron chi connectivity index (χ4n) is 3.80. The number of anilines is 1. The number of carbonyl (C=O) groups excluding carboxylic acids is 3. The van der Waals surface area contributed by atoms with Gasteiger partial charge in [0.05, 0.1) is 5.92 Å². The molecule has 1 aliphatic heterocycles. The van der Waals surface area contributed by atoms with E-state index in [-0.39, 0.29) is 30.3 Å². The molecular formula is C24H28N2O4. The van der Waals surface area contributed by atoms with Crippen LogP contribution < -0.4 is 5.32 Å². The smallest absolute Gasteiger partial charge is 0.309 e. The Morgan fingerprint density at radius 2 is 1.63 bits per heavy atom. The van der Waals surface area contributed by atoms with Crippen molar-refractivity contribution >= 4 is 23.5 Å². The van der Waals surface area contributed by atoms with Gasteiger partial charge in [-0.05, 0) is 68.5 Å². The first-order valence-electron chi connectivity index (χ1n) is 10.2. The molecule has 0 unspecified atom stereocenters. The van der Waals surface area contributed by atoms with Gasteiger partial charge >= 0.3 is 5.97 Å². The van der Waals surface area contributed by atoms with Gasteiger partial charge in [0.1, 0.15) is 0 Å². The molecule has 1 saturated heterocycles. The number of rotatable bonds is 5.